The number of nitrogens with zero attached hydrogens (tertiary/aromatic N) is 5. The van der Waals surface area contributed by atoms with E-state index in [-0.39, 0.29) is 12.1 Å². The molecule has 0 atom stereocenters. The molecule has 0 N–H and O–H groups in total. The molecule has 0 aromatic heterocycles. The summed E-state index contributed by atoms with van der Waals surface area (Å²) >= 11 is 0. The smallest absolute Gasteiger partial charge is 0.278 e. The van der Waals surface area contributed by atoms with Gasteiger partial charge in [-0.25, -0.2) is 8.78 Å². The largest absolute Gasteiger partial charge is 0.370 e. The number of halogens is 2. The minimum absolute atomic E-state index is 0.126. The Morgan fingerprint density at radius 2 is 1.35 bits per heavy atom. The van der Waals surface area contributed by atoms with Crippen LogP contribution in [0.25, 0.3) is 0 Å². The Morgan fingerprint density at radius 3 is 1.81 bits per heavy atom. The zero-order valence-electron chi connectivity index (χ0n) is 23.3. The highest BCUT2D eigenvalue weighted by atomic mass is 19.3. The molecule has 204 valence electrons. The van der Waals surface area contributed by atoms with Crippen molar-refractivity contribution in [2.75, 3.05) is 51.2 Å². The zero-order chi connectivity index (χ0) is 27.0. The summed E-state index contributed by atoms with van der Waals surface area (Å²) in [6.07, 6.45) is 0.192. The Labute approximate surface area is 222 Å². The second kappa shape index (κ2) is 17.0. The molecule has 0 bridgehead atoms. The van der Waals surface area contributed by atoms with Crippen LogP contribution in [0.4, 0.5) is 14.5 Å². The fourth-order valence-corrected chi connectivity index (χ4v) is 4.37. The highest BCUT2D eigenvalue weighted by Gasteiger charge is 2.21. The van der Waals surface area contributed by atoms with Gasteiger partial charge in [0.25, 0.3) is 6.43 Å². The molecule has 4 rings (SSSR count). The molecule has 0 spiro atoms. The second-order valence-electron chi connectivity index (χ2n) is 9.19. The van der Waals surface area contributed by atoms with Crippen molar-refractivity contribution in [3.05, 3.63) is 65.7 Å². The van der Waals surface area contributed by atoms with Crippen LogP contribution in [-0.2, 0) is 6.54 Å². The van der Waals surface area contributed by atoms with Crippen LogP contribution in [-0.4, -0.2) is 74.0 Å². The predicted octanol–water partition coefficient (Wildman–Crippen LogP) is 6.59. The van der Waals surface area contributed by atoms with Crippen molar-refractivity contribution in [1.82, 2.24) is 9.80 Å². The van der Waals surface area contributed by atoms with Crippen LogP contribution < -0.4 is 4.90 Å². The molecule has 1 saturated heterocycles. The lowest BCUT2D eigenvalue weighted by molar-refractivity contribution is 0.133. The van der Waals surface area contributed by atoms with E-state index < -0.39 is 6.43 Å². The van der Waals surface area contributed by atoms with Gasteiger partial charge in [-0.1, -0.05) is 70.2 Å². The molecule has 0 saturated carbocycles. The van der Waals surface area contributed by atoms with Crippen molar-refractivity contribution < 1.29 is 8.78 Å². The van der Waals surface area contributed by atoms with Crippen molar-refractivity contribution in [1.29, 1.82) is 0 Å². The third-order valence-electron chi connectivity index (χ3n) is 6.35. The topological polar surface area (TPSA) is 34.4 Å². The quantitative estimate of drug-likeness (QED) is 0.380. The summed E-state index contributed by atoms with van der Waals surface area (Å²) in [4.78, 5) is 7.30. The lowest BCUT2D eigenvalue weighted by Crippen LogP contribution is -2.46. The van der Waals surface area contributed by atoms with Crippen LogP contribution in [0.1, 0.15) is 58.1 Å². The summed E-state index contributed by atoms with van der Waals surface area (Å²) < 4.78 is 25.2. The second-order valence-corrected chi connectivity index (χ2v) is 9.19. The molecule has 2 heterocycles. The van der Waals surface area contributed by atoms with Gasteiger partial charge in [0.05, 0.1) is 5.71 Å². The van der Waals surface area contributed by atoms with E-state index in [9.17, 15) is 8.78 Å². The molecule has 1 fully saturated rings. The first kappa shape index (κ1) is 30.6. The Hall–Kier alpha value is -2.64. The zero-order valence-corrected chi connectivity index (χ0v) is 23.3. The lowest BCUT2D eigenvalue weighted by Gasteiger charge is -2.34. The Kier molecular flexibility index (Phi) is 14.0. The Morgan fingerprint density at radius 1 is 0.811 bits per heavy atom. The van der Waals surface area contributed by atoms with Crippen LogP contribution in [0.2, 0.25) is 0 Å². The van der Waals surface area contributed by atoms with Crippen LogP contribution in [0, 0.1) is 0 Å². The first-order chi connectivity index (χ1) is 18.0. The predicted molar refractivity (Wildman–Crippen MR) is 154 cm³/mol. The molecule has 2 aliphatic heterocycles. The summed E-state index contributed by atoms with van der Waals surface area (Å²) in [7, 11) is 2.03. The monoisotopic (exact) mass is 513 g/mol. The molecular formula is C30H45F2N5. The fraction of sp³-hybridized carbons (Fsp3) is 0.533. The van der Waals surface area contributed by atoms with Crippen molar-refractivity contribution in [2.24, 2.45) is 10.2 Å². The molecule has 0 radical (unpaired) electrons. The summed E-state index contributed by atoms with van der Waals surface area (Å²) in [6.45, 7) is 17.0. The van der Waals surface area contributed by atoms with Crippen molar-refractivity contribution in [3.63, 3.8) is 0 Å². The molecule has 2 aliphatic rings. The average molecular weight is 514 g/mol. The number of para-hydroxylation sites is 1. The summed E-state index contributed by atoms with van der Waals surface area (Å²) in [6, 6.07) is 17.9. The van der Waals surface area contributed by atoms with Crippen molar-refractivity contribution in [3.8, 4) is 0 Å². The van der Waals surface area contributed by atoms with Crippen LogP contribution in [0.3, 0.4) is 0 Å². The van der Waals surface area contributed by atoms with E-state index in [1.54, 1.807) is 0 Å². The maximum Gasteiger partial charge on any atom is 0.278 e. The first-order valence-electron chi connectivity index (χ1n) is 13.7. The number of piperazine rings is 1. The summed E-state index contributed by atoms with van der Waals surface area (Å²) in [5.74, 6) is 0. The molecule has 7 heteroatoms. The van der Waals surface area contributed by atoms with Crippen molar-refractivity contribution >= 4 is 17.1 Å². The molecule has 37 heavy (non-hydrogen) atoms. The normalized spacial score (nSPS) is 15.8. The van der Waals surface area contributed by atoms with Crippen LogP contribution >= 0.6 is 0 Å². The van der Waals surface area contributed by atoms with Gasteiger partial charge >= 0.3 is 0 Å². The SMILES string of the molecule is CC.CCCN1CCN(CCC)CC1.CN(Cc1ccc(C2=NN=C(C(F)F)C2)cc1)c1ccccc1. The number of anilines is 1. The molecule has 2 aromatic carbocycles. The van der Waals surface area contributed by atoms with E-state index in [0.717, 1.165) is 23.4 Å². The molecule has 2 aromatic rings. The number of hydrogen-bond acceptors (Lipinski definition) is 5. The third-order valence-corrected chi connectivity index (χ3v) is 6.35. The first-order valence-corrected chi connectivity index (χ1v) is 13.7. The number of rotatable bonds is 9. The summed E-state index contributed by atoms with van der Waals surface area (Å²) in [5, 5.41) is 7.41. The highest BCUT2D eigenvalue weighted by Crippen LogP contribution is 2.18. The summed E-state index contributed by atoms with van der Waals surface area (Å²) in [5.41, 5.74) is 3.58. The molecule has 0 amide bonds. The van der Waals surface area contributed by atoms with E-state index in [1.807, 2.05) is 63.4 Å². The van der Waals surface area contributed by atoms with Crippen LogP contribution in [0.5, 0.6) is 0 Å². The van der Waals surface area contributed by atoms with Crippen LogP contribution in [0.15, 0.2) is 64.8 Å². The number of alkyl halides is 2. The minimum Gasteiger partial charge on any atom is -0.370 e. The molecule has 0 aliphatic carbocycles. The van der Waals surface area contributed by atoms with Gasteiger partial charge in [0.2, 0.25) is 0 Å². The molecule has 0 unspecified atom stereocenters. The highest BCUT2D eigenvalue weighted by molar-refractivity contribution is 6.15. The van der Waals surface area contributed by atoms with Gasteiger partial charge in [0.1, 0.15) is 5.71 Å². The van der Waals surface area contributed by atoms with Gasteiger partial charge in [-0.15, -0.1) is 0 Å². The van der Waals surface area contributed by atoms with Gasteiger partial charge in [0.15, 0.2) is 0 Å². The fourth-order valence-electron chi connectivity index (χ4n) is 4.37. The lowest BCUT2D eigenvalue weighted by atomic mass is 10.0. The van der Waals surface area contributed by atoms with E-state index in [4.69, 9.17) is 0 Å². The van der Waals surface area contributed by atoms with E-state index >= 15 is 0 Å². The van der Waals surface area contributed by atoms with E-state index in [0.29, 0.717) is 5.71 Å². The van der Waals surface area contributed by atoms with Crippen molar-refractivity contribution in [2.45, 2.75) is 59.9 Å². The average Bonchev–Trinajstić information content (AvgIpc) is 3.44. The maximum atomic E-state index is 12.6. The molecular weight excluding hydrogens is 468 g/mol. The molecule has 5 nitrogen and oxygen atoms in total. The number of benzene rings is 2. The van der Waals surface area contributed by atoms with Gasteiger partial charge < -0.3 is 14.7 Å². The standard InChI is InChI=1S/C18H17F2N3.C10H22N2.C2H6/c1-23(15-5-3-2-4-6-15)12-13-7-9-14(10-8-13)16-11-17(18(19)20)22-21-16;1-3-5-11-7-9-12(6-4-2)10-8-11;1-2/h2-10,18H,11-12H2,1H3;3-10H2,1-2H3;1-2H3. The van der Waals surface area contributed by atoms with Gasteiger partial charge in [-0.2, -0.15) is 10.2 Å². The van der Waals surface area contributed by atoms with Gasteiger partial charge in [0, 0.05) is 51.9 Å². The minimum atomic E-state index is -2.53. The maximum absolute atomic E-state index is 12.6. The number of hydrogen-bond donors (Lipinski definition) is 0. The third kappa shape index (κ3) is 10.3. The Bertz CT molecular complexity index is 922. The van der Waals surface area contributed by atoms with E-state index in [1.165, 1.54) is 52.1 Å². The van der Waals surface area contributed by atoms with Gasteiger partial charge in [-0.3, -0.25) is 0 Å². The van der Waals surface area contributed by atoms with Gasteiger partial charge in [-0.05, 0) is 49.2 Å². The van der Waals surface area contributed by atoms with E-state index in [2.05, 4.69) is 50.9 Å². The Balaban J connectivity index is 0.000000291.